The smallest absolute Gasteiger partial charge is 0.183 e. The van der Waals surface area contributed by atoms with Crippen molar-refractivity contribution in [3.8, 4) is 55.9 Å². The lowest BCUT2D eigenvalue weighted by atomic mass is 9.98. The van der Waals surface area contributed by atoms with Gasteiger partial charge in [-0.3, -0.25) is 39.6 Å². The third kappa shape index (κ3) is 17.0. The van der Waals surface area contributed by atoms with E-state index in [9.17, 15) is 14.4 Å². The van der Waals surface area contributed by atoms with Gasteiger partial charge in [-0.2, -0.15) is 15.3 Å². The van der Waals surface area contributed by atoms with Crippen molar-refractivity contribution in [2.75, 3.05) is 17.3 Å². The number of pyridine rings is 3. The molecule has 15 nitrogen and oxygen atoms in total. The van der Waals surface area contributed by atoms with Crippen LogP contribution in [0.2, 0.25) is 0 Å². The second-order valence-electron chi connectivity index (χ2n) is 18.2. The highest BCUT2D eigenvalue weighted by Crippen LogP contribution is 2.31. The average molecular weight is 1110 g/mol. The fourth-order valence-corrected chi connectivity index (χ4v) is 10.2. The van der Waals surface area contributed by atoms with Gasteiger partial charge in [0.1, 0.15) is 36.3 Å². The molecule has 80 heavy (non-hydrogen) atoms. The van der Waals surface area contributed by atoms with Crippen molar-refractivity contribution in [1.82, 2.24) is 60.5 Å². The van der Waals surface area contributed by atoms with Crippen LogP contribution in [0.15, 0.2) is 217 Å². The number of nitrogens with one attached hydrogen (secondary N) is 3. The summed E-state index contributed by atoms with van der Waals surface area (Å²) < 4.78 is 0. The summed E-state index contributed by atoms with van der Waals surface area (Å²) in [7, 11) is 0. The van der Waals surface area contributed by atoms with Gasteiger partial charge in [0, 0.05) is 54.2 Å². The fraction of sp³-hybridized carbons (Fsp3) is 0.129. The van der Waals surface area contributed by atoms with Crippen molar-refractivity contribution >= 4 is 52.6 Å². The first-order valence-electron chi connectivity index (χ1n) is 25.4. The van der Waals surface area contributed by atoms with Gasteiger partial charge in [-0.25, -0.2) is 19.9 Å². The zero-order chi connectivity index (χ0) is 55.3. The van der Waals surface area contributed by atoms with Gasteiger partial charge in [-0.15, -0.1) is 0 Å². The van der Waals surface area contributed by atoms with Gasteiger partial charge >= 0.3 is 0 Å². The number of carbonyl (C=O) groups excluding carboxylic acids is 3. The van der Waals surface area contributed by atoms with Crippen LogP contribution in [-0.4, -0.2) is 95.1 Å². The SMILES string of the molecule is Cc1cc(-c2ccc(CC(=O)CSc3ncn[nH]3)cc2)cc(C)n1.O=C(CSc1ncn[nH]1)Cc1ccc(-c2cc(-c3ccccc3)nc(-c3ccccc3)c2)cc1.O=C(CSc1ncn[nH]1)Cc1ccc(-c2ccncc2)cc1. The van der Waals surface area contributed by atoms with Crippen molar-refractivity contribution in [3.05, 3.63) is 229 Å². The third-order valence-corrected chi connectivity index (χ3v) is 14.9. The third-order valence-electron chi connectivity index (χ3n) is 12.1. The van der Waals surface area contributed by atoms with E-state index in [2.05, 4.69) is 128 Å². The van der Waals surface area contributed by atoms with Crippen molar-refractivity contribution in [1.29, 1.82) is 0 Å². The van der Waals surface area contributed by atoms with Gasteiger partial charge in [0.25, 0.3) is 0 Å². The van der Waals surface area contributed by atoms with Crippen LogP contribution in [0.3, 0.4) is 0 Å². The summed E-state index contributed by atoms with van der Waals surface area (Å²) in [4.78, 5) is 61.8. The summed E-state index contributed by atoms with van der Waals surface area (Å²) in [6.07, 6.45) is 9.10. The largest absolute Gasteiger partial charge is 0.298 e. The quantitative estimate of drug-likeness (QED) is 0.0605. The lowest BCUT2D eigenvalue weighted by molar-refractivity contribution is -0.116. The monoisotopic (exact) mass is 1110 g/mol. The van der Waals surface area contributed by atoms with Gasteiger partial charge in [0.15, 0.2) is 15.5 Å². The summed E-state index contributed by atoms with van der Waals surface area (Å²) in [6, 6.07) is 57.1. The number of carbonyl (C=O) groups is 3. The Kier molecular flexibility index (Phi) is 19.9. The maximum atomic E-state index is 12.4. The van der Waals surface area contributed by atoms with E-state index in [1.807, 2.05) is 111 Å². The second kappa shape index (κ2) is 28.6. The molecule has 6 heterocycles. The van der Waals surface area contributed by atoms with Crippen LogP contribution in [-0.2, 0) is 33.6 Å². The van der Waals surface area contributed by atoms with Crippen LogP contribution in [0.4, 0.5) is 0 Å². The van der Waals surface area contributed by atoms with E-state index in [0.717, 1.165) is 84.0 Å². The number of hydrogen-bond acceptors (Lipinski definition) is 15. The molecule has 11 aromatic rings. The number of benzene rings is 5. The average Bonchev–Trinajstić information content (AvgIpc) is 4.36. The Bertz CT molecular complexity index is 3610. The molecule has 5 aromatic carbocycles. The number of ketones is 3. The number of hydrogen-bond donors (Lipinski definition) is 3. The summed E-state index contributed by atoms with van der Waals surface area (Å²) in [6.45, 7) is 3.99. The molecule has 0 saturated heterocycles. The number of H-pyrrole nitrogens is 3. The number of aromatic nitrogens is 12. The normalized spacial score (nSPS) is 10.7. The van der Waals surface area contributed by atoms with Crippen molar-refractivity contribution in [3.63, 3.8) is 0 Å². The molecule has 18 heteroatoms. The lowest BCUT2D eigenvalue weighted by Gasteiger charge is -2.11. The molecule has 0 spiro atoms. The number of nitrogens with zero attached hydrogens (tertiary/aromatic N) is 9. The van der Waals surface area contributed by atoms with Crippen molar-refractivity contribution < 1.29 is 14.4 Å². The Hall–Kier alpha value is -8.97. The Labute approximate surface area is 475 Å². The molecule has 0 aliphatic carbocycles. The summed E-state index contributed by atoms with van der Waals surface area (Å²) >= 11 is 4.11. The van der Waals surface area contributed by atoms with E-state index in [4.69, 9.17) is 4.98 Å². The fourth-order valence-electron chi connectivity index (χ4n) is 8.28. The standard InChI is InChI=1S/C28H22N4OS.C18H18N4OS.C16H14N4OS/c33-25(18-34-28-29-19-30-32-28)15-20-11-13-21(14-12-20)24-16-26(22-7-3-1-4-8-22)31-27(17-24)23-9-5-2-6-10-23;1-12-7-16(8-13(2)21-12)15-5-3-14(4-6-15)9-17(23)10-24-18-19-11-20-22-18;21-15(10-22-16-18-11-19-20-16)9-12-1-3-13(4-2-12)14-5-7-17-8-6-14/h1-14,16-17,19H,15,18H2,(H,29,30,32);3-8,11H,9-10H2,1-2H3,(H,19,20,22);1-8,11H,9-10H2,(H,18,19,20). The molecule has 0 unspecified atom stereocenters. The van der Waals surface area contributed by atoms with Crippen LogP contribution in [0.25, 0.3) is 55.9 Å². The molecule has 0 saturated carbocycles. The topological polar surface area (TPSA) is 215 Å². The van der Waals surface area contributed by atoms with Crippen LogP contribution in [0.1, 0.15) is 28.1 Å². The number of thioether (sulfide) groups is 3. The number of aromatic amines is 3. The van der Waals surface area contributed by atoms with Gasteiger partial charge in [0.2, 0.25) is 0 Å². The molecule has 11 rings (SSSR count). The maximum absolute atomic E-state index is 12.4. The molecule has 6 aromatic heterocycles. The van der Waals surface area contributed by atoms with E-state index in [0.29, 0.717) is 52.0 Å². The molecule has 0 amide bonds. The minimum atomic E-state index is 0.149. The molecular weight excluding hydrogens is 1060 g/mol. The summed E-state index contributed by atoms with van der Waals surface area (Å²) in [5, 5.41) is 21.5. The first-order valence-corrected chi connectivity index (χ1v) is 28.4. The Morgan fingerprint density at radius 1 is 0.375 bits per heavy atom. The number of Topliss-reactive ketones (excluding diaryl/α,β-unsaturated/α-hetero) is 3. The lowest BCUT2D eigenvalue weighted by Crippen LogP contribution is -2.05. The molecule has 0 bridgehead atoms. The van der Waals surface area contributed by atoms with Crippen LogP contribution < -0.4 is 0 Å². The van der Waals surface area contributed by atoms with Crippen LogP contribution in [0.5, 0.6) is 0 Å². The zero-order valence-corrected chi connectivity index (χ0v) is 46.2. The highest BCUT2D eigenvalue weighted by atomic mass is 32.2. The molecule has 0 fully saturated rings. The predicted molar refractivity (Wildman–Crippen MR) is 317 cm³/mol. The van der Waals surface area contributed by atoms with Gasteiger partial charge in [-0.05, 0) is 100 Å². The maximum Gasteiger partial charge on any atom is 0.183 e. The van der Waals surface area contributed by atoms with E-state index in [1.54, 1.807) is 12.4 Å². The molecule has 3 N–H and O–H groups in total. The molecule has 398 valence electrons. The molecule has 0 aliphatic heterocycles. The van der Waals surface area contributed by atoms with Crippen molar-refractivity contribution in [2.24, 2.45) is 0 Å². The highest BCUT2D eigenvalue weighted by molar-refractivity contribution is 8.00. The molecule has 0 atom stereocenters. The summed E-state index contributed by atoms with van der Waals surface area (Å²) in [5.41, 5.74) is 15.8. The van der Waals surface area contributed by atoms with E-state index in [-0.39, 0.29) is 17.3 Å². The Morgan fingerprint density at radius 3 is 1.06 bits per heavy atom. The molecule has 0 aliphatic rings. The van der Waals surface area contributed by atoms with Gasteiger partial charge in [-0.1, -0.05) is 169 Å². The van der Waals surface area contributed by atoms with E-state index in [1.165, 1.54) is 54.3 Å². The molecule has 0 radical (unpaired) electrons. The van der Waals surface area contributed by atoms with E-state index >= 15 is 0 Å². The first-order chi connectivity index (χ1) is 39.1. The zero-order valence-electron chi connectivity index (χ0n) is 43.8. The second-order valence-corrected chi connectivity index (χ2v) is 21.1. The Morgan fingerprint density at radius 2 is 0.713 bits per heavy atom. The minimum Gasteiger partial charge on any atom is -0.298 e. The highest BCUT2D eigenvalue weighted by Gasteiger charge is 2.13. The van der Waals surface area contributed by atoms with Crippen LogP contribution in [0, 0.1) is 13.8 Å². The summed E-state index contributed by atoms with van der Waals surface area (Å²) in [5.74, 6) is 1.62. The van der Waals surface area contributed by atoms with Crippen molar-refractivity contribution in [2.45, 2.75) is 48.6 Å². The van der Waals surface area contributed by atoms with Gasteiger partial charge in [0.05, 0.1) is 28.6 Å². The minimum absolute atomic E-state index is 0.149. The van der Waals surface area contributed by atoms with E-state index < -0.39 is 0 Å². The Balaban J connectivity index is 0.000000150. The van der Waals surface area contributed by atoms with Crippen LogP contribution >= 0.6 is 35.3 Å². The first kappa shape index (κ1) is 55.8. The molecular formula is C62H54N12O3S3. The number of rotatable bonds is 20. The van der Waals surface area contributed by atoms with Gasteiger partial charge < -0.3 is 0 Å². The predicted octanol–water partition coefficient (Wildman–Crippen LogP) is 12.3. The number of aryl methyl sites for hydroxylation is 2.